The highest BCUT2D eigenvalue weighted by atomic mass is 19.1. The van der Waals surface area contributed by atoms with E-state index in [0.29, 0.717) is 6.04 Å². The third kappa shape index (κ3) is 3.24. The molecule has 0 atom stereocenters. The number of nitrogens with zero attached hydrogens (tertiary/aromatic N) is 5. The lowest BCUT2D eigenvalue weighted by molar-refractivity contribution is 0.156. The number of benzene rings is 1. The molecule has 0 amide bonds. The predicted octanol–water partition coefficient (Wildman–Crippen LogP) is 0.930. The molecule has 0 N–H and O–H groups in total. The molecule has 1 aromatic heterocycles. The van der Waals surface area contributed by atoms with Crippen LogP contribution in [0.5, 0.6) is 0 Å². The Balaban J connectivity index is 1.30. The number of aryl methyl sites for hydroxylation is 1. The van der Waals surface area contributed by atoms with Crippen LogP contribution in [-0.4, -0.2) is 59.8 Å². The maximum atomic E-state index is 13.0. The summed E-state index contributed by atoms with van der Waals surface area (Å²) in [6.07, 6.45) is 1.58. The summed E-state index contributed by atoms with van der Waals surface area (Å²) in [5, 5.41) is 0. The van der Waals surface area contributed by atoms with E-state index >= 15 is 0 Å². The molecule has 4 rings (SSSR count). The van der Waals surface area contributed by atoms with E-state index in [9.17, 15) is 9.18 Å². The first-order valence-corrected chi connectivity index (χ1v) is 8.62. The lowest BCUT2D eigenvalue weighted by Crippen LogP contribution is -2.63. The number of hydrogen-bond acceptors (Lipinski definition) is 5. The average molecular weight is 343 g/mol. The minimum absolute atomic E-state index is 0.0265. The lowest BCUT2D eigenvalue weighted by atomic mass is 10.1. The summed E-state index contributed by atoms with van der Waals surface area (Å²) in [5.74, 6) is 0.575. The van der Waals surface area contributed by atoms with Gasteiger partial charge in [0.2, 0.25) is 0 Å². The minimum atomic E-state index is -0.193. The van der Waals surface area contributed by atoms with Crippen molar-refractivity contribution in [3.8, 4) is 0 Å². The van der Waals surface area contributed by atoms with Crippen molar-refractivity contribution in [2.24, 2.45) is 7.05 Å². The molecule has 2 saturated heterocycles. The van der Waals surface area contributed by atoms with Crippen LogP contribution in [-0.2, 0) is 7.05 Å². The molecule has 0 radical (unpaired) electrons. The Bertz CT molecular complexity index is 792. The van der Waals surface area contributed by atoms with Crippen LogP contribution >= 0.6 is 0 Å². The number of rotatable bonds is 3. The van der Waals surface area contributed by atoms with Crippen molar-refractivity contribution in [2.45, 2.75) is 6.04 Å². The number of hydrogen-bond donors (Lipinski definition) is 0. The Kier molecular flexibility index (Phi) is 4.17. The summed E-state index contributed by atoms with van der Waals surface area (Å²) in [6, 6.07) is 8.84. The zero-order chi connectivity index (χ0) is 17.4. The Morgan fingerprint density at radius 2 is 1.72 bits per heavy atom. The van der Waals surface area contributed by atoms with E-state index in [2.05, 4.69) is 19.7 Å². The number of halogens is 1. The Morgan fingerprint density at radius 1 is 1.04 bits per heavy atom. The maximum Gasteiger partial charge on any atom is 0.255 e. The molecule has 132 valence electrons. The van der Waals surface area contributed by atoms with E-state index in [-0.39, 0.29) is 11.4 Å². The van der Waals surface area contributed by atoms with Gasteiger partial charge in [-0.1, -0.05) is 0 Å². The first-order valence-electron chi connectivity index (χ1n) is 8.62. The molecule has 2 aliphatic rings. The summed E-state index contributed by atoms with van der Waals surface area (Å²) in [5.41, 5.74) is 1.06. The predicted molar refractivity (Wildman–Crippen MR) is 95.7 cm³/mol. The quantitative estimate of drug-likeness (QED) is 0.830. The van der Waals surface area contributed by atoms with Gasteiger partial charge < -0.3 is 14.4 Å². The average Bonchev–Trinajstić information content (AvgIpc) is 2.58. The Morgan fingerprint density at radius 3 is 2.36 bits per heavy atom. The molecule has 0 aliphatic carbocycles. The molecule has 7 heteroatoms. The summed E-state index contributed by atoms with van der Waals surface area (Å²) in [4.78, 5) is 23.0. The molecule has 0 saturated carbocycles. The van der Waals surface area contributed by atoms with Crippen molar-refractivity contribution in [1.82, 2.24) is 14.5 Å². The van der Waals surface area contributed by atoms with Crippen molar-refractivity contribution < 1.29 is 4.39 Å². The Labute approximate surface area is 146 Å². The summed E-state index contributed by atoms with van der Waals surface area (Å²) < 4.78 is 14.5. The fraction of sp³-hybridized carbons (Fsp3) is 0.444. The third-order valence-corrected chi connectivity index (χ3v) is 5.17. The second-order valence-corrected chi connectivity index (χ2v) is 6.75. The number of aromatic nitrogens is 2. The SMILES string of the molecule is Cn1cnc(N2CC(N3CCN(c4ccc(F)cc4)CC3)C2)cc1=O. The molecule has 25 heavy (non-hydrogen) atoms. The van der Waals surface area contributed by atoms with Crippen LogP contribution in [0.25, 0.3) is 0 Å². The second-order valence-electron chi connectivity index (χ2n) is 6.75. The van der Waals surface area contributed by atoms with Crippen LogP contribution in [0.4, 0.5) is 15.9 Å². The largest absolute Gasteiger partial charge is 0.369 e. The highest BCUT2D eigenvalue weighted by molar-refractivity contribution is 5.47. The van der Waals surface area contributed by atoms with Crippen LogP contribution < -0.4 is 15.4 Å². The van der Waals surface area contributed by atoms with Crippen molar-refractivity contribution in [3.05, 3.63) is 52.8 Å². The van der Waals surface area contributed by atoms with E-state index in [1.165, 1.54) is 16.7 Å². The van der Waals surface area contributed by atoms with Gasteiger partial charge in [-0.25, -0.2) is 9.37 Å². The van der Waals surface area contributed by atoms with E-state index in [1.807, 2.05) is 12.1 Å². The van der Waals surface area contributed by atoms with Gasteiger partial charge in [-0.2, -0.15) is 0 Å². The van der Waals surface area contributed by atoms with E-state index in [0.717, 1.165) is 50.8 Å². The molecule has 6 nitrogen and oxygen atoms in total. The summed E-state index contributed by atoms with van der Waals surface area (Å²) >= 11 is 0. The van der Waals surface area contributed by atoms with E-state index < -0.39 is 0 Å². The molecule has 2 fully saturated rings. The third-order valence-electron chi connectivity index (χ3n) is 5.17. The number of piperazine rings is 1. The van der Waals surface area contributed by atoms with Crippen LogP contribution in [0, 0.1) is 5.82 Å². The zero-order valence-electron chi connectivity index (χ0n) is 14.3. The highest BCUT2D eigenvalue weighted by Crippen LogP contribution is 2.23. The molecule has 0 spiro atoms. The maximum absolute atomic E-state index is 13.0. The van der Waals surface area contributed by atoms with Gasteiger partial charge in [0, 0.05) is 64.1 Å². The fourth-order valence-corrected chi connectivity index (χ4v) is 3.50. The number of anilines is 2. The summed E-state index contributed by atoms with van der Waals surface area (Å²) in [6.45, 7) is 5.73. The molecule has 1 aromatic carbocycles. The minimum Gasteiger partial charge on any atom is -0.369 e. The lowest BCUT2D eigenvalue weighted by Gasteiger charge is -2.48. The van der Waals surface area contributed by atoms with Gasteiger partial charge in [-0.05, 0) is 24.3 Å². The summed E-state index contributed by atoms with van der Waals surface area (Å²) in [7, 11) is 1.71. The molecular weight excluding hydrogens is 321 g/mol. The van der Waals surface area contributed by atoms with Crippen LogP contribution in [0.3, 0.4) is 0 Å². The zero-order valence-corrected chi connectivity index (χ0v) is 14.3. The first kappa shape index (κ1) is 16.1. The van der Waals surface area contributed by atoms with E-state index in [4.69, 9.17) is 0 Å². The van der Waals surface area contributed by atoms with Gasteiger partial charge in [-0.15, -0.1) is 0 Å². The van der Waals surface area contributed by atoms with Crippen LogP contribution in [0.1, 0.15) is 0 Å². The molecule has 0 bridgehead atoms. The van der Waals surface area contributed by atoms with Gasteiger partial charge in [0.15, 0.2) is 0 Å². The van der Waals surface area contributed by atoms with Crippen molar-refractivity contribution in [1.29, 1.82) is 0 Å². The molecule has 3 heterocycles. The van der Waals surface area contributed by atoms with Gasteiger partial charge in [0.1, 0.15) is 11.6 Å². The van der Waals surface area contributed by atoms with Gasteiger partial charge in [0.05, 0.1) is 6.33 Å². The first-order chi connectivity index (χ1) is 12.1. The van der Waals surface area contributed by atoms with Gasteiger partial charge in [-0.3, -0.25) is 9.69 Å². The topological polar surface area (TPSA) is 44.6 Å². The standard InChI is InChI=1S/C18H22FN5O/c1-21-13-20-17(10-18(21)25)24-11-16(12-24)23-8-6-22(7-9-23)15-4-2-14(19)3-5-15/h2-5,10,13,16H,6-9,11-12H2,1H3. The molecule has 0 unspecified atom stereocenters. The van der Waals surface area contributed by atoms with E-state index in [1.54, 1.807) is 19.4 Å². The van der Waals surface area contributed by atoms with Crippen LogP contribution in [0.15, 0.2) is 41.5 Å². The van der Waals surface area contributed by atoms with Crippen molar-refractivity contribution in [2.75, 3.05) is 49.1 Å². The molecule has 2 aromatic rings. The van der Waals surface area contributed by atoms with Gasteiger partial charge >= 0.3 is 0 Å². The van der Waals surface area contributed by atoms with Crippen molar-refractivity contribution >= 4 is 11.5 Å². The van der Waals surface area contributed by atoms with Crippen LogP contribution in [0.2, 0.25) is 0 Å². The van der Waals surface area contributed by atoms with Crippen molar-refractivity contribution in [3.63, 3.8) is 0 Å². The monoisotopic (exact) mass is 343 g/mol. The molecule has 2 aliphatic heterocycles. The Hall–Kier alpha value is -2.41. The van der Waals surface area contributed by atoms with Gasteiger partial charge in [0.25, 0.3) is 5.56 Å². The molecular formula is C18H22FN5O. The second kappa shape index (κ2) is 6.48. The smallest absolute Gasteiger partial charge is 0.255 e. The normalized spacial score (nSPS) is 19.1. The highest BCUT2D eigenvalue weighted by Gasteiger charge is 2.34. The fourth-order valence-electron chi connectivity index (χ4n) is 3.50.